The molecule has 0 bridgehead atoms. The maximum Gasteiger partial charge on any atom is 0.179 e. The molecule has 4 rings (SSSR count). The van der Waals surface area contributed by atoms with Crippen molar-refractivity contribution in [3.05, 3.63) is 53.9 Å². The summed E-state index contributed by atoms with van der Waals surface area (Å²) in [7, 11) is 0. The average molecular weight is 494 g/mol. The summed E-state index contributed by atoms with van der Waals surface area (Å²) in [5.74, 6) is 1.99. The molecule has 0 amide bonds. The normalized spacial score (nSPS) is 15.2. The summed E-state index contributed by atoms with van der Waals surface area (Å²) < 4.78 is 7.95. The number of nitrogens with zero attached hydrogens (tertiary/aromatic N) is 3. The van der Waals surface area contributed by atoms with Crippen LogP contribution in [0, 0.1) is 12.3 Å². The Labute approximate surface area is 211 Å². The van der Waals surface area contributed by atoms with E-state index in [0.29, 0.717) is 24.7 Å². The Hall–Kier alpha value is -3.00. The number of aromatic nitrogens is 3. The zero-order valence-electron chi connectivity index (χ0n) is 21.5. The first-order valence-corrected chi connectivity index (χ1v) is 12.9. The van der Waals surface area contributed by atoms with E-state index in [2.05, 4.69) is 52.5 Å². The lowest BCUT2D eigenvalue weighted by Crippen LogP contribution is -2.28. The Kier molecular flexibility index (Phi) is 6.62. The average Bonchev–Trinajstić information content (AvgIpc) is 3.05. The zero-order valence-corrected chi connectivity index (χ0v) is 22.3. The van der Waals surface area contributed by atoms with E-state index in [-0.39, 0.29) is 16.8 Å². The first-order chi connectivity index (χ1) is 16.4. The summed E-state index contributed by atoms with van der Waals surface area (Å²) in [6.45, 7) is 16.9. The summed E-state index contributed by atoms with van der Waals surface area (Å²) in [4.78, 5) is 22.8. The van der Waals surface area contributed by atoms with Gasteiger partial charge < -0.3 is 20.4 Å². The molecule has 0 atom stereocenters. The van der Waals surface area contributed by atoms with E-state index in [0.717, 1.165) is 50.5 Å². The van der Waals surface area contributed by atoms with Crippen LogP contribution in [0.15, 0.2) is 42.0 Å². The Morgan fingerprint density at radius 2 is 2.03 bits per heavy atom. The monoisotopic (exact) mass is 493 g/mol. The van der Waals surface area contributed by atoms with E-state index in [1.807, 2.05) is 33.8 Å². The molecule has 35 heavy (non-hydrogen) atoms. The smallest absolute Gasteiger partial charge is 0.179 e. The standard InChI is InChI=1S/C27H35N5O2S/c1-16-14-32(20-12-27(6,7)13-21(33)22(16)20)19-9-8-18-23(30-15-31-25(18)28)24(19)35-11-10-29-17(2)34-26(3,4)5/h8-9,14-15,29H,2,10-13H2,1,3-7H3,(H2,28,30,31). The molecule has 1 aliphatic rings. The molecular weight excluding hydrogens is 458 g/mol. The number of thioether (sulfide) groups is 1. The molecule has 3 N–H and O–H groups in total. The van der Waals surface area contributed by atoms with Crippen LogP contribution in [0.1, 0.15) is 62.7 Å². The molecule has 0 unspecified atom stereocenters. The minimum atomic E-state index is -0.301. The fourth-order valence-electron chi connectivity index (χ4n) is 4.69. The second-order valence-electron chi connectivity index (χ2n) is 10.9. The molecule has 1 aliphatic carbocycles. The fourth-order valence-corrected chi connectivity index (χ4v) is 5.71. The first kappa shape index (κ1) is 25.1. The molecule has 0 saturated carbocycles. The SMILES string of the molecule is C=C(NCCSc1c(-n2cc(C)c3c2CC(C)(C)CC3=O)ccc2c(N)ncnc12)OC(C)(C)C. The van der Waals surface area contributed by atoms with Crippen molar-refractivity contribution < 1.29 is 9.53 Å². The van der Waals surface area contributed by atoms with Crippen LogP contribution in [0.25, 0.3) is 16.6 Å². The lowest BCUT2D eigenvalue weighted by Gasteiger charge is -2.30. The lowest BCUT2D eigenvalue weighted by molar-refractivity contribution is 0.0421. The van der Waals surface area contributed by atoms with Gasteiger partial charge in [0, 0.05) is 41.6 Å². The molecular formula is C27H35N5O2S. The van der Waals surface area contributed by atoms with Crippen molar-refractivity contribution in [1.29, 1.82) is 0 Å². The van der Waals surface area contributed by atoms with Crippen molar-refractivity contribution in [2.24, 2.45) is 5.41 Å². The van der Waals surface area contributed by atoms with Crippen LogP contribution in [0.3, 0.4) is 0 Å². The number of carbonyl (C=O) groups is 1. The first-order valence-electron chi connectivity index (χ1n) is 11.9. The summed E-state index contributed by atoms with van der Waals surface area (Å²) in [6, 6.07) is 4.03. The van der Waals surface area contributed by atoms with Crippen LogP contribution >= 0.6 is 11.8 Å². The zero-order chi connectivity index (χ0) is 25.5. The number of fused-ring (bicyclic) bond motifs is 2. The van der Waals surface area contributed by atoms with Crippen LogP contribution < -0.4 is 11.1 Å². The highest BCUT2D eigenvalue weighted by Crippen LogP contribution is 2.41. The number of anilines is 1. The number of nitrogens with two attached hydrogens (primary N) is 1. The van der Waals surface area contributed by atoms with Gasteiger partial charge in [-0.05, 0) is 63.8 Å². The van der Waals surface area contributed by atoms with Crippen molar-refractivity contribution in [2.75, 3.05) is 18.0 Å². The number of ether oxygens (including phenoxy) is 1. The van der Waals surface area contributed by atoms with Gasteiger partial charge in [-0.3, -0.25) is 4.79 Å². The number of hydrogen-bond acceptors (Lipinski definition) is 7. The highest BCUT2D eigenvalue weighted by molar-refractivity contribution is 7.99. The van der Waals surface area contributed by atoms with Crippen LogP contribution in [-0.2, 0) is 11.2 Å². The number of benzene rings is 1. The van der Waals surface area contributed by atoms with Crippen molar-refractivity contribution in [3.63, 3.8) is 0 Å². The molecule has 2 aromatic heterocycles. The van der Waals surface area contributed by atoms with E-state index in [9.17, 15) is 4.79 Å². The lowest BCUT2D eigenvalue weighted by atomic mass is 9.75. The Morgan fingerprint density at radius 3 is 2.74 bits per heavy atom. The summed E-state index contributed by atoms with van der Waals surface area (Å²) in [5, 5.41) is 4.07. The molecule has 0 radical (unpaired) electrons. The predicted molar refractivity (Wildman–Crippen MR) is 143 cm³/mol. The van der Waals surface area contributed by atoms with Crippen molar-refractivity contribution >= 4 is 34.3 Å². The number of hydrogen-bond donors (Lipinski definition) is 2. The van der Waals surface area contributed by atoms with Gasteiger partial charge in [-0.15, -0.1) is 11.8 Å². The quantitative estimate of drug-likeness (QED) is 0.257. The Morgan fingerprint density at radius 1 is 1.29 bits per heavy atom. The summed E-state index contributed by atoms with van der Waals surface area (Å²) in [5.41, 5.74) is 10.5. The largest absolute Gasteiger partial charge is 0.474 e. The predicted octanol–water partition coefficient (Wildman–Crippen LogP) is 5.43. The van der Waals surface area contributed by atoms with Crippen LogP contribution in [0.5, 0.6) is 0 Å². The molecule has 0 spiro atoms. The maximum atomic E-state index is 13.0. The van der Waals surface area contributed by atoms with Crippen molar-refractivity contribution in [2.45, 2.75) is 64.9 Å². The maximum absolute atomic E-state index is 13.0. The molecule has 2 heterocycles. The van der Waals surface area contributed by atoms with E-state index >= 15 is 0 Å². The second kappa shape index (κ2) is 9.22. The van der Waals surface area contributed by atoms with E-state index in [4.69, 9.17) is 10.5 Å². The molecule has 1 aromatic carbocycles. The number of Topliss-reactive ketones (excluding diaryl/α,β-unsaturated/α-hetero) is 1. The third-order valence-electron chi connectivity index (χ3n) is 5.99. The second-order valence-corrected chi connectivity index (χ2v) is 12.0. The van der Waals surface area contributed by atoms with Gasteiger partial charge in [0.2, 0.25) is 0 Å². The molecule has 0 aliphatic heterocycles. The third-order valence-corrected chi connectivity index (χ3v) is 7.09. The number of nitrogen functional groups attached to an aromatic ring is 1. The molecule has 8 heteroatoms. The van der Waals surface area contributed by atoms with Gasteiger partial charge in [0.15, 0.2) is 11.7 Å². The van der Waals surface area contributed by atoms with Crippen LogP contribution in [-0.4, -0.2) is 38.2 Å². The number of ketones is 1. The Bertz CT molecular complexity index is 1300. The van der Waals surface area contributed by atoms with Gasteiger partial charge in [-0.2, -0.15) is 0 Å². The highest BCUT2D eigenvalue weighted by atomic mass is 32.2. The van der Waals surface area contributed by atoms with Gasteiger partial charge >= 0.3 is 0 Å². The topological polar surface area (TPSA) is 95.1 Å². The van der Waals surface area contributed by atoms with E-state index in [1.54, 1.807) is 11.8 Å². The molecule has 186 valence electrons. The molecule has 7 nitrogen and oxygen atoms in total. The summed E-state index contributed by atoms with van der Waals surface area (Å²) in [6.07, 6.45) is 4.99. The van der Waals surface area contributed by atoms with Crippen LogP contribution in [0.2, 0.25) is 0 Å². The summed E-state index contributed by atoms with van der Waals surface area (Å²) >= 11 is 1.69. The Balaban J connectivity index is 1.71. The molecule has 0 saturated heterocycles. The molecule has 3 aromatic rings. The third kappa shape index (κ3) is 5.32. The van der Waals surface area contributed by atoms with Gasteiger partial charge in [0.1, 0.15) is 17.7 Å². The minimum Gasteiger partial charge on any atom is -0.474 e. The number of rotatable bonds is 7. The van der Waals surface area contributed by atoms with Gasteiger partial charge in [-0.25, -0.2) is 9.97 Å². The number of carbonyl (C=O) groups excluding carboxylic acids is 1. The molecule has 0 fully saturated rings. The minimum absolute atomic E-state index is 0.0826. The fraction of sp³-hybridized carbons (Fsp3) is 0.444. The van der Waals surface area contributed by atoms with E-state index < -0.39 is 0 Å². The highest BCUT2D eigenvalue weighted by Gasteiger charge is 2.35. The number of aryl methyl sites for hydroxylation is 1. The number of nitrogens with one attached hydrogen (secondary N) is 1. The van der Waals surface area contributed by atoms with Crippen molar-refractivity contribution in [1.82, 2.24) is 19.9 Å². The van der Waals surface area contributed by atoms with Gasteiger partial charge in [0.25, 0.3) is 0 Å². The van der Waals surface area contributed by atoms with Crippen LogP contribution in [0.4, 0.5) is 5.82 Å². The van der Waals surface area contributed by atoms with Gasteiger partial charge in [-0.1, -0.05) is 13.8 Å². The van der Waals surface area contributed by atoms with Gasteiger partial charge in [0.05, 0.1) is 16.1 Å². The van der Waals surface area contributed by atoms with Crippen molar-refractivity contribution in [3.8, 4) is 5.69 Å². The van der Waals surface area contributed by atoms with E-state index in [1.165, 1.54) is 6.33 Å².